The maximum Gasteiger partial charge on any atom is 0.261 e. The fraction of sp³-hybridized carbons (Fsp3) is 1.00. The summed E-state index contributed by atoms with van der Waals surface area (Å²) in [6.07, 6.45) is 1.14. The molecular formula is C10H20F2N2O. The van der Waals surface area contributed by atoms with Crippen LogP contribution in [0, 0.1) is 0 Å². The minimum atomic E-state index is -2.36. The van der Waals surface area contributed by atoms with Gasteiger partial charge in [0.1, 0.15) is 6.61 Å². The van der Waals surface area contributed by atoms with Crippen LogP contribution < -0.4 is 5.73 Å². The second-order valence-corrected chi connectivity index (χ2v) is 3.89. The summed E-state index contributed by atoms with van der Waals surface area (Å²) < 4.78 is 28.4. The third kappa shape index (κ3) is 4.86. The molecule has 1 unspecified atom stereocenters. The van der Waals surface area contributed by atoms with Crippen molar-refractivity contribution in [3.8, 4) is 0 Å². The topological polar surface area (TPSA) is 38.5 Å². The van der Waals surface area contributed by atoms with Crippen LogP contribution in [0.2, 0.25) is 0 Å². The van der Waals surface area contributed by atoms with E-state index in [1.54, 1.807) is 0 Å². The van der Waals surface area contributed by atoms with E-state index in [9.17, 15) is 8.78 Å². The highest BCUT2D eigenvalue weighted by atomic mass is 19.3. The van der Waals surface area contributed by atoms with Gasteiger partial charge in [0.15, 0.2) is 0 Å². The van der Waals surface area contributed by atoms with Crippen LogP contribution in [-0.4, -0.2) is 50.2 Å². The van der Waals surface area contributed by atoms with E-state index in [1.165, 1.54) is 12.8 Å². The zero-order chi connectivity index (χ0) is 11.1. The zero-order valence-corrected chi connectivity index (χ0v) is 9.00. The summed E-state index contributed by atoms with van der Waals surface area (Å²) >= 11 is 0. The van der Waals surface area contributed by atoms with Gasteiger partial charge in [0.05, 0.1) is 6.61 Å². The minimum Gasteiger partial charge on any atom is -0.374 e. The maximum atomic E-state index is 11.8. The summed E-state index contributed by atoms with van der Waals surface area (Å²) in [5, 5.41) is 0. The summed E-state index contributed by atoms with van der Waals surface area (Å²) in [5.74, 6) is 0. The number of ether oxygens (including phenoxy) is 1. The molecule has 1 heterocycles. The minimum absolute atomic E-state index is 0.376. The maximum absolute atomic E-state index is 11.8. The number of likely N-dealkylation sites (tertiary alicyclic amines) is 1. The van der Waals surface area contributed by atoms with E-state index in [0.717, 1.165) is 13.0 Å². The van der Waals surface area contributed by atoms with Crippen LogP contribution in [0.25, 0.3) is 0 Å². The van der Waals surface area contributed by atoms with Crippen molar-refractivity contribution in [1.29, 1.82) is 0 Å². The van der Waals surface area contributed by atoms with Crippen LogP contribution in [0.5, 0.6) is 0 Å². The molecule has 3 nitrogen and oxygen atoms in total. The fourth-order valence-corrected chi connectivity index (χ4v) is 1.98. The predicted molar refractivity (Wildman–Crippen MR) is 55.1 cm³/mol. The van der Waals surface area contributed by atoms with Crippen molar-refractivity contribution < 1.29 is 13.5 Å². The average Bonchev–Trinajstić information content (AvgIpc) is 2.24. The van der Waals surface area contributed by atoms with Crippen LogP contribution in [0.3, 0.4) is 0 Å². The fourth-order valence-electron chi connectivity index (χ4n) is 1.98. The number of piperidine rings is 1. The van der Waals surface area contributed by atoms with Crippen molar-refractivity contribution in [3.63, 3.8) is 0 Å². The number of rotatable bonds is 6. The molecule has 90 valence electrons. The summed E-state index contributed by atoms with van der Waals surface area (Å²) in [5.41, 5.74) is 5.64. The Morgan fingerprint density at radius 2 is 2.20 bits per heavy atom. The summed E-state index contributed by atoms with van der Waals surface area (Å²) in [7, 11) is 0. The Kier molecular flexibility index (Phi) is 6.05. The summed E-state index contributed by atoms with van der Waals surface area (Å²) in [4.78, 5) is 2.25. The highest BCUT2D eigenvalue weighted by molar-refractivity contribution is 4.77. The quantitative estimate of drug-likeness (QED) is 0.683. The second-order valence-electron chi connectivity index (χ2n) is 3.89. The van der Waals surface area contributed by atoms with E-state index >= 15 is 0 Å². The molecule has 1 fully saturated rings. The molecule has 5 heteroatoms. The van der Waals surface area contributed by atoms with Gasteiger partial charge in [-0.15, -0.1) is 0 Å². The van der Waals surface area contributed by atoms with Gasteiger partial charge in [-0.1, -0.05) is 6.42 Å². The van der Waals surface area contributed by atoms with E-state index < -0.39 is 13.0 Å². The molecule has 0 saturated carbocycles. The Morgan fingerprint density at radius 1 is 1.40 bits per heavy atom. The SMILES string of the molecule is NCC1CCCCN1CCOCC(F)F. The monoisotopic (exact) mass is 222 g/mol. The molecule has 2 N–H and O–H groups in total. The number of nitrogens with two attached hydrogens (primary N) is 1. The van der Waals surface area contributed by atoms with E-state index in [0.29, 0.717) is 25.7 Å². The first-order valence-electron chi connectivity index (χ1n) is 5.54. The molecule has 1 aliphatic rings. The Morgan fingerprint density at radius 3 is 2.87 bits per heavy atom. The number of nitrogens with zero attached hydrogens (tertiary/aromatic N) is 1. The normalized spacial score (nSPS) is 23.6. The molecule has 1 rings (SSSR count). The average molecular weight is 222 g/mol. The molecular weight excluding hydrogens is 202 g/mol. The number of hydrogen-bond acceptors (Lipinski definition) is 3. The first-order chi connectivity index (χ1) is 7.24. The molecule has 0 bridgehead atoms. The molecule has 0 radical (unpaired) electrons. The van der Waals surface area contributed by atoms with E-state index in [1.807, 2.05) is 0 Å². The van der Waals surface area contributed by atoms with Gasteiger partial charge in [-0.2, -0.15) is 0 Å². The standard InChI is InChI=1S/C10H20F2N2O/c11-10(12)8-15-6-5-14-4-2-1-3-9(14)7-13/h9-10H,1-8,13H2. The lowest BCUT2D eigenvalue weighted by atomic mass is 10.0. The Labute approximate surface area is 89.6 Å². The number of halogens is 2. The summed E-state index contributed by atoms with van der Waals surface area (Å²) in [6, 6.07) is 0.411. The van der Waals surface area contributed by atoms with Gasteiger partial charge in [0.25, 0.3) is 6.43 Å². The number of alkyl halides is 2. The molecule has 0 aromatic rings. The molecule has 1 atom stereocenters. The van der Waals surface area contributed by atoms with Crippen molar-refractivity contribution in [2.24, 2.45) is 5.73 Å². The Bertz CT molecular complexity index is 170. The van der Waals surface area contributed by atoms with Crippen LogP contribution in [-0.2, 0) is 4.74 Å². The smallest absolute Gasteiger partial charge is 0.261 e. The highest BCUT2D eigenvalue weighted by Crippen LogP contribution is 2.15. The van der Waals surface area contributed by atoms with Gasteiger partial charge >= 0.3 is 0 Å². The van der Waals surface area contributed by atoms with Crippen molar-refractivity contribution in [2.75, 3.05) is 32.8 Å². The van der Waals surface area contributed by atoms with Crippen molar-refractivity contribution in [3.05, 3.63) is 0 Å². The molecule has 1 saturated heterocycles. The van der Waals surface area contributed by atoms with Gasteiger partial charge in [-0.3, -0.25) is 4.90 Å². The predicted octanol–water partition coefficient (Wildman–Crippen LogP) is 1.08. The van der Waals surface area contributed by atoms with Gasteiger partial charge in [-0.25, -0.2) is 8.78 Å². The van der Waals surface area contributed by atoms with Crippen LogP contribution in [0.15, 0.2) is 0 Å². The molecule has 1 aliphatic heterocycles. The largest absolute Gasteiger partial charge is 0.374 e. The zero-order valence-electron chi connectivity index (χ0n) is 9.00. The Balaban J connectivity index is 2.12. The Hall–Kier alpha value is -0.260. The first-order valence-corrected chi connectivity index (χ1v) is 5.54. The van der Waals surface area contributed by atoms with Crippen molar-refractivity contribution in [2.45, 2.75) is 31.7 Å². The lowest BCUT2D eigenvalue weighted by Gasteiger charge is -2.34. The van der Waals surface area contributed by atoms with Crippen molar-refractivity contribution in [1.82, 2.24) is 4.90 Å². The van der Waals surface area contributed by atoms with E-state index in [2.05, 4.69) is 4.90 Å². The van der Waals surface area contributed by atoms with Gasteiger partial charge < -0.3 is 10.5 Å². The molecule has 0 aliphatic carbocycles. The molecule has 0 aromatic carbocycles. The first kappa shape index (κ1) is 12.8. The molecule has 0 spiro atoms. The lowest BCUT2D eigenvalue weighted by molar-refractivity contribution is 0.00323. The third-order valence-corrected chi connectivity index (χ3v) is 2.79. The lowest BCUT2D eigenvalue weighted by Crippen LogP contribution is -2.45. The van der Waals surface area contributed by atoms with Crippen LogP contribution >= 0.6 is 0 Å². The third-order valence-electron chi connectivity index (χ3n) is 2.79. The van der Waals surface area contributed by atoms with Gasteiger partial charge in [0.2, 0.25) is 0 Å². The number of hydrogen-bond donors (Lipinski definition) is 1. The van der Waals surface area contributed by atoms with Gasteiger partial charge in [0, 0.05) is 19.1 Å². The van der Waals surface area contributed by atoms with Crippen molar-refractivity contribution >= 4 is 0 Å². The molecule has 15 heavy (non-hydrogen) atoms. The highest BCUT2D eigenvalue weighted by Gasteiger charge is 2.20. The van der Waals surface area contributed by atoms with Crippen LogP contribution in [0.1, 0.15) is 19.3 Å². The summed E-state index contributed by atoms with van der Waals surface area (Å²) in [6.45, 7) is 2.30. The van der Waals surface area contributed by atoms with Gasteiger partial charge in [-0.05, 0) is 19.4 Å². The van der Waals surface area contributed by atoms with E-state index in [4.69, 9.17) is 10.5 Å². The molecule has 0 aromatic heterocycles. The second kappa shape index (κ2) is 7.09. The van der Waals surface area contributed by atoms with E-state index in [-0.39, 0.29) is 0 Å². The molecule has 0 amide bonds. The van der Waals surface area contributed by atoms with Crippen LogP contribution in [0.4, 0.5) is 8.78 Å².